The molecule has 1 amide bonds. The Labute approximate surface area is 168 Å². The molecule has 2 aromatic carbocycles. The van der Waals surface area contributed by atoms with Crippen molar-refractivity contribution in [1.82, 2.24) is 9.47 Å². The van der Waals surface area contributed by atoms with E-state index in [-0.39, 0.29) is 11.9 Å². The number of hydrogen-bond acceptors (Lipinski definition) is 1. The molecule has 3 aromatic rings. The van der Waals surface area contributed by atoms with Crippen molar-refractivity contribution in [1.29, 1.82) is 0 Å². The zero-order chi connectivity index (χ0) is 20.1. The first-order valence-electron chi connectivity index (χ1n) is 10.0. The van der Waals surface area contributed by atoms with Crippen LogP contribution in [0.4, 0.5) is 0 Å². The first-order chi connectivity index (χ1) is 13.5. The van der Waals surface area contributed by atoms with E-state index >= 15 is 0 Å². The number of aromatic nitrogens is 1. The molecule has 0 fully saturated rings. The maximum absolute atomic E-state index is 13.2. The quantitative estimate of drug-likeness (QED) is 0.534. The van der Waals surface area contributed by atoms with Crippen molar-refractivity contribution in [3.05, 3.63) is 95.3 Å². The molecule has 0 saturated carbocycles. The lowest BCUT2D eigenvalue weighted by Gasteiger charge is -2.32. The van der Waals surface area contributed by atoms with Gasteiger partial charge >= 0.3 is 0 Å². The van der Waals surface area contributed by atoms with E-state index in [0.717, 1.165) is 17.8 Å². The van der Waals surface area contributed by atoms with E-state index in [0.29, 0.717) is 12.5 Å². The number of carbonyl (C=O) groups is 1. The van der Waals surface area contributed by atoms with Crippen LogP contribution >= 0.6 is 0 Å². The van der Waals surface area contributed by atoms with E-state index in [1.54, 1.807) is 0 Å². The van der Waals surface area contributed by atoms with Gasteiger partial charge in [-0.25, -0.2) is 0 Å². The summed E-state index contributed by atoms with van der Waals surface area (Å²) in [6.45, 7) is 10.0. The smallest absolute Gasteiger partial charge is 0.254 e. The van der Waals surface area contributed by atoms with Crippen LogP contribution in [0.2, 0.25) is 0 Å². The number of carbonyl (C=O) groups excluding carboxylic acids is 1. The standard InChI is InChI=1S/C25H30N2O/c1-19(2)21(4)27(25(28)23-12-6-5-7-13-23)18-24-14-9-15-26(24)17-22-11-8-10-20(3)16-22/h5-16,19,21H,17-18H2,1-4H3/t21-/m0/s1. The van der Waals surface area contributed by atoms with Crippen molar-refractivity contribution >= 4 is 5.91 Å². The van der Waals surface area contributed by atoms with E-state index in [9.17, 15) is 4.79 Å². The molecule has 3 rings (SSSR count). The maximum Gasteiger partial charge on any atom is 0.254 e. The van der Waals surface area contributed by atoms with E-state index in [1.807, 2.05) is 35.2 Å². The van der Waals surface area contributed by atoms with Gasteiger partial charge in [0.25, 0.3) is 5.91 Å². The molecule has 1 atom stereocenters. The highest BCUT2D eigenvalue weighted by molar-refractivity contribution is 5.94. The van der Waals surface area contributed by atoms with E-state index in [2.05, 4.69) is 74.9 Å². The monoisotopic (exact) mass is 374 g/mol. The Kier molecular flexibility index (Phi) is 6.35. The largest absolute Gasteiger partial charge is 0.345 e. The summed E-state index contributed by atoms with van der Waals surface area (Å²) in [6.07, 6.45) is 2.10. The molecule has 0 spiro atoms. The average Bonchev–Trinajstić information content (AvgIpc) is 3.12. The molecule has 0 aliphatic carbocycles. The highest BCUT2D eigenvalue weighted by Gasteiger charge is 2.24. The van der Waals surface area contributed by atoms with Gasteiger partial charge in [0, 0.05) is 30.0 Å². The topological polar surface area (TPSA) is 25.2 Å². The molecule has 0 saturated heterocycles. The molecule has 28 heavy (non-hydrogen) atoms. The Hall–Kier alpha value is -2.81. The second-order valence-corrected chi connectivity index (χ2v) is 7.90. The van der Waals surface area contributed by atoms with Crippen LogP contribution in [0.15, 0.2) is 72.9 Å². The van der Waals surface area contributed by atoms with Crippen molar-refractivity contribution in [3.8, 4) is 0 Å². The zero-order valence-corrected chi connectivity index (χ0v) is 17.3. The highest BCUT2D eigenvalue weighted by atomic mass is 16.2. The second-order valence-electron chi connectivity index (χ2n) is 7.90. The van der Waals surface area contributed by atoms with Crippen LogP contribution in [0.5, 0.6) is 0 Å². The molecule has 0 radical (unpaired) electrons. The molecule has 0 unspecified atom stereocenters. The second kappa shape index (κ2) is 8.92. The van der Waals surface area contributed by atoms with Crippen molar-refractivity contribution in [2.24, 2.45) is 5.92 Å². The lowest BCUT2D eigenvalue weighted by atomic mass is 10.0. The number of rotatable bonds is 7. The summed E-state index contributed by atoms with van der Waals surface area (Å²) in [7, 11) is 0. The number of aryl methyl sites for hydroxylation is 1. The summed E-state index contributed by atoms with van der Waals surface area (Å²) in [5, 5.41) is 0. The minimum Gasteiger partial charge on any atom is -0.345 e. The van der Waals surface area contributed by atoms with Gasteiger partial charge in [-0.3, -0.25) is 4.79 Å². The van der Waals surface area contributed by atoms with Gasteiger partial charge < -0.3 is 9.47 Å². The van der Waals surface area contributed by atoms with E-state index in [4.69, 9.17) is 0 Å². The maximum atomic E-state index is 13.2. The summed E-state index contributed by atoms with van der Waals surface area (Å²) in [4.78, 5) is 15.2. The van der Waals surface area contributed by atoms with Gasteiger partial charge in [-0.1, -0.05) is 61.9 Å². The third kappa shape index (κ3) is 4.72. The third-order valence-electron chi connectivity index (χ3n) is 5.43. The molecule has 0 aliphatic heterocycles. The predicted octanol–water partition coefficient (Wildman–Crippen LogP) is 5.53. The van der Waals surface area contributed by atoms with Gasteiger partial charge in [0.15, 0.2) is 0 Å². The Morgan fingerprint density at radius 1 is 0.964 bits per heavy atom. The van der Waals surface area contributed by atoms with Crippen LogP contribution in [0.1, 0.15) is 48.0 Å². The van der Waals surface area contributed by atoms with Crippen molar-refractivity contribution in [2.45, 2.75) is 46.8 Å². The minimum atomic E-state index is 0.0881. The van der Waals surface area contributed by atoms with Crippen LogP contribution in [0.25, 0.3) is 0 Å². The molecule has 0 N–H and O–H groups in total. The van der Waals surface area contributed by atoms with Crippen LogP contribution in [0, 0.1) is 12.8 Å². The summed E-state index contributed by atoms with van der Waals surface area (Å²) in [5.41, 5.74) is 4.43. The van der Waals surface area contributed by atoms with E-state index in [1.165, 1.54) is 11.1 Å². The highest BCUT2D eigenvalue weighted by Crippen LogP contribution is 2.19. The lowest BCUT2D eigenvalue weighted by molar-refractivity contribution is 0.0622. The molecule has 0 bridgehead atoms. The Morgan fingerprint density at radius 3 is 2.39 bits per heavy atom. The van der Waals surface area contributed by atoms with E-state index < -0.39 is 0 Å². The molecular formula is C25H30N2O. The van der Waals surface area contributed by atoms with Gasteiger partial charge in [-0.2, -0.15) is 0 Å². The Morgan fingerprint density at radius 2 is 1.71 bits per heavy atom. The normalized spacial score (nSPS) is 12.2. The summed E-state index contributed by atoms with van der Waals surface area (Å²) in [6, 6.07) is 22.5. The summed E-state index contributed by atoms with van der Waals surface area (Å²) >= 11 is 0. The molecule has 3 nitrogen and oxygen atoms in total. The summed E-state index contributed by atoms with van der Waals surface area (Å²) in [5.74, 6) is 0.470. The number of hydrogen-bond donors (Lipinski definition) is 0. The lowest BCUT2D eigenvalue weighted by Crippen LogP contribution is -2.41. The van der Waals surface area contributed by atoms with Crippen LogP contribution in [-0.4, -0.2) is 21.4 Å². The molecule has 3 heteroatoms. The van der Waals surface area contributed by atoms with Crippen LogP contribution in [-0.2, 0) is 13.1 Å². The molecule has 146 valence electrons. The van der Waals surface area contributed by atoms with Gasteiger partial charge in [0.05, 0.1) is 6.54 Å². The van der Waals surface area contributed by atoms with Crippen molar-refractivity contribution in [3.63, 3.8) is 0 Å². The summed E-state index contributed by atoms with van der Waals surface area (Å²) < 4.78 is 2.24. The first kappa shape index (κ1) is 19.9. The van der Waals surface area contributed by atoms with Gasteiger partial charge in [-0.05, 0) is 49.6 Å². The van der Waals surface area contributed by atoms with Gasteiger partial charge in [0.2, 0.25) is 0 Å². The molecular weight excluding hydrogens is 344 g/mol. The first-order valence-corrected chi connectivity index (χ1v) is 10.0. The number of benzene rings is 2. The van der Waals surface area contributed by atoms with Crippen LogP contribution < -0.4 is 0 Å². The van der Waals surface area contributed by atoms with Crippen LogP contribution in [0.3, 0.4) is 0 Å². The Bertz CT molecular complexity index is 911. The minimum absolute atomic E-state index is 0.0881. The molecule has 1 aromatic heterocycles. The van der Waals surface area contributed by atoms with Crippen molar-refractivity contribution in [2.75, 3.05) is 0 Å². The average molecular weight is 375 g/mol. The zero-order valence-electron chi connectivity index (χ0n) is 17.3. The number of amides is 1. The van der Waals surface area contributed by atoms with Gasteiger partial charge in [-0.15, -0.1) is 0 Å². The van der Waals surface area contributed by atoms with Crippen molar-refractivity contribution < 1.29 is 4.79 Å². The Balaban J connectivity index is 1.85. The predicted molar refractivity (Wildman–Crippen MR) is 115 cm³/mol. The molecule has 0 aliphatic rings. The number of nitrogens with zero attached hydrogens (tertiary/aromatic N) is 2. The fraction of sp³-hybridized carbons (Fsp3) is 0.320. The SMILES string of the molecule is Cc1cccc(Cn2cccc2CN(C(=O)c2ccccc2)[C@@H](C)C(C)C)c1. The van der Waals surface area contributed by atoms with Gasteiger partial charge in [0.1, 0.15) is 0 Å². The fourth-order valence-electron chi connectivity index (χ4n) is 3.44. The molecule has 1 heterocycles. The third-order valence-corrected chi connectivity index (χ3v) is 5.43. The fourth-order valence-corrected chi connectivity index (χ4v) is 3.44.